The maximum absolute atomic E-state index is 11.2. The first kappa shape index (κ1) is 11.1. The van der Waals surface area contributed by atoms with Crippen LogP contribution in [0.5, 0.6) is 0 Å². The van der Waals surface area contributed by atoms with Crippen molar-refractivity contribution in [2.24, 2.45) is 0 Å². The van der Waals surface area contributed by atoms with Gasteiger partial charge in [-0.05, 0) is 13.3 Å². The van der Waals surface area contributed by atoms with Crippen LogP contribution in [0.2, 0.25) is 0 Å². The molecule has 78 valence electrons. The predicted octanol–water partition coefficient (Wildman–Crippen LogP) is 1.21. The van der Waals surface area contributed by atoms with Crippen molar-refractivity contribution in [1.82, 2.24) is 9.36 Å². The van der Waals surface area contributed by atoms with Crippen molar-refractivity contribution in [3.05, 3.63) is 5.82 Å². The lowest BCUT2D eigenvalue weighted by molar-refractivity contribution is -0.120. The molecule has 14 heavy (non-hydrogen) atoms. The molecule has 1 aromatic rings. The molecule has 0 atom stereocenters. The molecule has 0 aliphatic carbocycles. The number of carbonyl (C=O) groups excluding carboxylic acids is 1. The van der Waals surface area contributed by atoms with Gasteiger partial charge in [0.1, 0.15) is 12.4 Å². The van der Waals surface area contributed by atoms with Crippen molar-refractivity contribution < 1.29 is 9.53 Å². The minimum absolute atomic E-state index is 0.0759. The molecule has 0 aliphatic rings. The predicted molar refractivity (Wildman–Crippen MR) is 54.4 cm³/mol. The Morgan fingerprint density at radius 2 is 2.43 bits per heavy atom. The van der Waals surface area contributed by atoms with E-state index in [0.29, 0.717) is 17.6 Å². The van der Waals surface area contributed by atoms with E-state index in [-0.39, 0.29) is 12.5 Å². The Morgan fingerprint density at radius 3 is 3.00 bits per heavy atom. The number of hydrogen-bond donors (Lipinski definition) is 1. The number of nitrogens with one attached hydrogen (secondary N) is 1. The van der Waals surface area contributed by atoms with Gasteiger partial charge in [-0.1, -0.05) is 6.92 Å². The van der Waals surface area contributed by atoms with E-state index < -0.39 is 0 Å². The van der Waals surface area contributed by atoms with Crippen molar-refractivity contribution in [1.29, 1.82) is 0 Å². The van der Waals surface area contributed by atoms with Crippen molar-refractivity contribution >= 4 is 22.6 Å². The zero-order chi connectivity index (χ0) is 10.4. The van der Waals surface area contributed by atoms with Gasteiger partial charge in [0.15, 0.2) is 0 Å². The van der Waals surface area contributed by atoms with Gasteiger partial charge in [0, 0.05) is 18.1 Å². The van der Waals surface area contributed by atoms with Gasteiger partial charge >= 0.3 is 0 Å². The Labute approximate surface area is 86.7 Å². The van der Waals surface area contributed by atoms with Crippen LogP contribution in [0, 0.1) is 6.92 Å². The number of amides is 1. The van der Waals surface area contributed by atoms with E-state index in [4.69, 9.17) is 4.74 Å². The number of ether oxygens (including phenoxy) is 1. The number of aryl methyl sites for hydroxylation is 1. The van der Waals surface area contributed by atoms with Crippen LogP contribution in [0.25, 0.3) is 0 Å². The third kappa shape index (κ3) is 3.80. The highest BCUT2D eigenvalue weighted by Crippen LogP contribution is 2.09. The molecule has 1 rings (SSSR count). The van der Waals surface area contributed by atoms with Crippen LogP contribution in [-0.2, 0) is 9.53 Å². The molecule has 0 aromatic carbocycles. The summed E-state index contributed by atoms with van der Waals surface area (Å²) in [6.45, 7) is 4.45. The Hall–Kier alpha value is -1.01. The molecule has 0 radical (unpaired) electrons. The maximum Gasteiger partial charge on any atom is 0.252 e. The number of nitrogens with zero attached hydrogens (tertiary/aromatic N) is 2. The largest absolute Gasteiger partial charge is 0.372 e. The van der Waals surface area contributed by atoms with E-state index in [1.165, 1.54) is 11.5 Å². The summed E-state index contributed by atoms with van der Waals surface area (Å²) in [5.41, 5.74) is 0. The Morgan fingerprint density at radius 1 is 1.64 bits per heavy atom. The second-order valence-electron chi connectivity index (χ2n) is 2.75. The Balaban J connectivity index is 2.27. The molecule has 6 heteroatoms. The molecule has 5 nitrogen and oxygen atoms in total. The van der Waals surface area contributed by atoms with Crippen molar-refractivity contribution in [3.8, 4) is 0 Å². The summed E-state index contributed by atoms with van der Waals surface area (Å²) in [5.74, 6) is 0.481. The third-order valence-corrected chi connectivity index (χ3v) is 2.08. The highest BCUT2D eigenvalue weighted by Gasteiger charge is 2.05. The van der Waals surface area contributed by atoms with Crippen molar-refractivity contribution in [3.63, 3.8) is 0 Å². The fourth-order valence-electron chi connectivity index (χ4n) is 0.812. The van der Waals surface area contributed by atoms with Gasteiger partial charge in [-0.25, -0.2) is 4.98 Å². The lowest BCUT2D eigenvalue weighted by Crippen LogP contribution is -2.18. The first-order chi connectivity index (χ1) is 6.72. The van der Waals surface area contributed by atoms with Crippen LogP contribution in [0.4, 0.5) is 5.13 Å². The van der Waals surface area contributed by atoms with Crippen molar-refractivity contribution in [2.75, 3.05) is 18.5 Å². The smallest absolute Gasteiger partial charge is 0.252 e. The molecule has 0 fully saturated rings. The summed E-state index contributed by atoms with van der Waals surface area (Å²) in [6, 6.07) is 0. The summed E-state index contributed by atoms with van der Waals surface area (Å²) >= 11 is 1.17. The first-order valence-electron chi connectivity index (χ1n) is 4.40. The van der Waals surface area contributed by atoms with Crippen LogP contribution in [0.1, 0.15) is 19.2 Å². The van der Waals surface area contributed by atoms with Crippen LogP contribution in [-0.4, -0.2) is 28.5 Å². The van der Waals surface area contributed by atoms with E-state index in [0.717, 1.165) is 6.42 Å². The minimum atomic E-state index is -0.186. The first-order valence-corrected chi connectivity index (χ1v) is 5.17. The van der Waals surface area contributed by atoms with Crippen LogP contribution in [0.15, 0.2) is 0 Å². The SMILES string of the molecule is CCCOCC(=O)Nc1nc(C)ns1. The molecule has 1 N–H and O–H groups in total. The number of anilines is 1. The molecule has 1 aromatic heterocycles. The highest BCUT2D eigenvalue weighted by atomic mass is 32.1. The maximum atomic E-state index is 11.2. The third-order valence-electron chi connectivity index (χ3n) is 1.36. The van der Waals surface area contributed by atoms with Gasteiger partial charge in [0.25, 0.3) is 5.91 Å². The lowest BCUT2D eigenvalue weighted by Gasteiger charge is -2.01. The van der Waals surface area contributed by atoms with Crippen LogP contribution >= 0.6 is 11.5 Å². The van der Waals surface area contributed by atoms with Crippen LogP contribution < -0.4 is 5.32 Å². The highest BCUT2D eigenvalue weighted by molar-refractivity contribution is 7.09. The number of aromatic nitrogens is 2. The molecule has 0 saturated carbocycles. The summed E-state index contributed by atoms with van der Waals surface area (Å²) in [6.07, 6.45) is 0.908. The quantitative estimate of drug-likeness (QED) is 0.750. The average Bonchev–Trinajstić information content (AvgIpc) is 2.52. The molecule has 0 unspecified atom stereocenters. The zero-order valence-electron chi connectivity index (χ0n) is 8.24. The zero-order valence-corrected chi connectivity index (χ0v) is 9.06. The Bertz CT molecular complexity index is 301. The lowest BCUT2D eigenvalue weighted by atomic mass is 10.5. The minimum Gasteiger partial charge on any atom is -0.372 e. The van der Waals surface area contributed by atoms with E-state index in [1.54, 1.807) is 6.92 Å². The summed E-state index contributed by atoms with van der Waals surface area (Å²) in [7, 11) is 0. The standard InChI is InChI=1S/C8H13N3O2S/c1-3-4-13-5-7(12)10-8-9-6(2)11-14-8/h3-5H2,1-2H3,(H,9,10,11,12). The molecule has 1 heterocycles. The van der Waals surface area contributed by atoms with Gasteiger partial charge < -0.3 is 4.74 Å². The summed E-state index contributed by atoms with van der Waals surface area (Å²) in [4.78, 5) is 15.2. The molecular formula is C8H13N3O2S. The van der Waals surface area contributed by atoms with Gasteiger partial charge in [-0.2, -0.15) is 4.37 Å². The molecule has 0 aliphatic heterocycles. The summed E-state index contributed by atoms with van der Waals surface area (Å²) < 4.78 is 9.01. The van der Waals surface area contributed by atoms with Gasteiger partial charge in [-0.3, -0.25) is 10.1 Å². The van der Waals surface area contributed by atoms with Gasteiger partial charge in [0.05, 0.1) is 0 Å². The van der Waals surface area contributed by atoms with Gasteiger partial charge in [-0.15, -0.1) is 0 Å². The molecule has 0 spiro atoms. The fraction of sp³-hybridized carbons (Fsp3) is 0.625. The molecule has 0 saturated heterocycles. The van der Waals surface area contributed by atoms with E-state index in [9.17, 15) is 4.79 Å². The normalized spacial score (nSPS) is 10.1. The van der Waals surface area contributed by atoms with E-state index in [1.807, 2.05) is 6.92 Å². The average molecular weight is 215 g/mol. The Kier molecular flexibility index (Phi) is 4.48. The number of hydrogen-bond acceptors (Lipinski definition) is 5. The monoisotopic (exact) mass is 215 g/mol. The molecule has 0 bridgehead atoms. The molecule has 1 amide bonds. The second kappa shape index (κ2) is 5.66. The van der Waals surface area contributed by atoms with Crippen LogP contribution in [0.3, 0.4) is 0 Å². The second-order valence-corrected chi connectivity index (χ2v) is 3.50. The van der Waals surface area contributed by atoms with E-state index in [2.05, 4.69) is 14.7 Å². The molecular weight excluding hydrogens is 202 g/mol. The summed E-state index contributed by atoms with van der Waals surface area (Å²) in [5, 5.41) is 3.12. The fourth-order valence-corrected chi connectivity index (χ4v) is 1.40. The number of rotatable bonds is 5. The number of carbonyl (C=O) groups is 1. The van der Waals surface area contributed by atoms with Gasteiger partial charge in [0.2, 0.25) is 5.13 Å². The van der Waals surface area contributed by atoms with E-state index >= 15 is 0 Å². The van der Waals surface area contributed by atoms with Crippen molar-refractivity contribution in [2.45, 2.75) is 20.3 Å². The topological polar surface area (TPSA) is 64.1 Å².